The van der Waals surface area contributed by atoms with Gasteiger partial charge in [-0.1, -0.05) is 56.3 Å². The van der Waals surface area contributed by atoms with Crippen LogP contribution in [-0.4, -0.2) is 60.4 Å². The van der Waals surface area contributed by atoms with Crippen LogP contribution in [0.1, 0.15) is 46.5 Å². The molecule has 1 aliphatic heterocycles. The van der Waals surface area contributed by atoms with Crippen molar-refractivity contribution in [3.05, 3.63) is 71.3 Å². The van der Waals surface area contributed by atoms with Gasteiger partial charge in [0.05, 0.1) is 18.2 Å². The summed E-state index contributed by atoms with van der Waals surface area (Å²) in [5.74, 6) is -3.31. The fraction of sp³-hybridized carbons (Fsp3) is 0.346. The van der Waals surface area contributed by atoms with Crippen LogP contribution >= 0.6 is 0 Å². The van der Waals surface area contributed by atoms with Gasteiger partial charge >= 0.3 is 11.9 Å². The quantitative estimate of drug-likeness (QED) is 0.409. The summed E-state index contributed by atoms with van der Waals surface area (Å²) in [6.45, 7) is 3.09. The lowest BCUT2D eigenvalue weighted by Gasteiger charge is -2.25. The number of methoxy groups -OCH3 is 1. The molecule has 9 nitrogen and oxygen atoms in total. The molecule has 0 radical (unpaired) electrons. The highest BCUT2D eigenvalue weighted by Gasteiger charge is 2.43. The maximum atomic E-state index is 13.1. The van der Waals surface area contributed by atoms with Crippen LogP contribution < -0.4 is 5.32 Å². The summed E-state index contributed by atoms with van der Waals surface area (Å²) in [6, 6.07) is 13.0. The van der Waals surface area contributed by atoms with Gasteiger partial charge in [-0.3, -0.25) is 19.3 Å². The molecule has 3 amide bonds. The van der Waals surface area contributed by atoms with Crippen molar-refractivity contribution in [2.24, 2.45) is 5.92 Å². The second-order valence-corrected chi connectivity index (χ2v) is 8.61. The van der Waals surface area contributed by atoms with Crippen molar-refractivity contribution in [3.63, 3.8) is 0 Å². The predicted molar refractivity (Wildman–Crippen MR) is 125 cm³/mol. The molecule has 0 saturated carbocycles. The lowest BCUT2D eigenvalue weighted by molar-refractivity contribution is -0.153. The lowest BCUT2D eigenvalue weighted by Crippen LogP contribution is -2.48. The van der Waals surface area contributed by atoms with Crippen molar-refractivity contribution in [2.75, 3.05) is 13.7 Å². The van der Waals surface area contributed by atoms with Crippen molar-refractivity contribution in [3.8, 4) is 0 Å². The average molecular weight is 481 g/mol. The van der Waals surface area contributed by atoms with E-state index in [4.69, 9.17) is 9.47 Å². The smallest absolute Gasteiger partial charge is 0.330 e. The Morgan fingerprint density at radius 2 is 1.46 bits per heavy atom. The van der Waals surface area contributed by atoms with Gasteiger partial charge in [0, 0.05) is 6.42 Å². The van der Waals surface area contributed by atoms with E-state index in [0.29, 0.717) is 12.0 Å². The van der Waals surface area contributed by atoms with Gasteiger partial charge in [-0.05, 0) is 30.0 Å². The molecule has 2 aromatic rings. The van der Waals surface area contributed by atoms with Crippen LogP contribution in [0.3, 0.4) is 0 Å². The maximum Gasteiger partial charge on any atom is 0.330 e. The SMILES string of the molecule is COC(=O)[C@@H](CC(C)C)NC(=O)COC(=O)[C@H](Cc1ccccc1)N1C(=O)c2ccccc2C1=O. The Balaban J connectivity index is 1.75. The number of fused-ring (bicyclic) bond motifs is 1. The number of hydrogen-bond donors (Lipinski definition) is 1. The Morgan fingerprint density at radius 1 is 0.886 bits per heavy atom. The number of carbonyl (C=O) groups excluding carboxylic acids is 5. The minimum absolute atomic E-state index is 0.0187. The molecule has 0 bridgehead atoms. The molecule has 2 atom stereocenters. The largest absolute Gasteiger partial charge is 0.467 e. The molecule has 1 aliphatic rings. The van der Waals surface area contributed by atoms with Gasteiger partial charge in [0.1, 0.15) is 12.1 Å². The fourth-order valence-corrected chi connectivity index (χ4v) is 3.90. The van der Waals surface area contributed by atoms with Crippen LogP contribution in [0.15, 0.2) is 54.6 Å². The predicted octanol–water partition coefficient (Wildman–Crippen LogP) is 2.14. The third-order valence-corrected chi connectivity index (χ3v) is 5.55. The van der Waals surface area contributed by atoms with E-state index in [0.717, 1.165) is 4.90 Å². The van der Waals surface area contributed by atoms with Crippen molar-refractivity contribution < 1.29 is 33.4 Å². The number of carbonyl (C=O) groups is 5. The van der Waals surface area contributed by atoms with E-state index in [1.54, 1.807) is 42.5 Å². The van der Waals surface area contributed by atoms with Crippen molar-refractivity contribution in [1.82, 2.24) is 10.2 Å². The monoisotopic (exact) mass is 480 g/mol. The van der Waals surface area contributed by atoms with Crippen LogP contribution in [-0.2, 0) is 30.3 Å². The van der Waals surface area contributed by atoms with Crippen molar-refractivity contribution in [1.29, 1.82) is 0 Å². The second kappa shape index (κ2) is 11.4. The zero-order valence-corrected chi connectivity index (χ0v) is 19.9. The number of imide groups is 1. The van der Waals surface area contributed by atoms with Gasteiger partial charge in [0.15, 0.2) is 6.61 Å². The highest BCUT2D eigenvalue weighted by Crippen LogP contribution is 2.26. The molecule has 0 fully saturated rings. The van der Waals surface area contributed by atoms with Crippen LogP contribution in [0.4, 0.5) is 0 Å². The lowest BCUT2D eigenvalue weighted by atomic mass is 10.0. The average Bonchev–Trinajstić information content (AvgIpc) is 3.10. The molecular formula is C26H28N2O7. The Bertz CT molecular complexity index is 1080. The van der Waals surface area contributed by atoms with Crippen LogP contribution in [0.2, 0.25) is 0 Å². The highest BCUT2D eigenvalue weighted by molar-refractivity contribution is 6.22. The summed E-state index contributed by atoms with van der Waals surface area (Å²) in [5.41, 5.74) is 1.12. The minimum Gasteiger partial charge on any atom is -0.467 e. The fourth-order valence-electron chi connectivity index (χ4n) is 3.90. The summed E-state index contributed by atoms with van der Waals surface area (Å²) in [4.78, 5) is 64.4. The van der Waals surface area contributed by atoms with Crippen molar-refractivity contribution >= 4 is 29.7 Å². The van der Waals surface area contributed by atoms with Gasteiger partial charge in [-0.25, -0.2) is 9.59 Å². The van der Waals surface area contributed by atoms with Gasteiger partial charge in [-0.2, -0.15) is 0 Å². The van der Waals surface area contributed by atoms with Gasteiger partial charge in [-0.15, -0.1) is 0 Å². The summed E-state index contributed by atoms with van der Waals surface area (Å²) in [5, 5.41) is 2.51. The molecule has 9 heteroatoms. The molecule has 1 heterocycles. The van der Waals surface area contributed by atoms with Crippen LogP contribution in [0.5, 0.6) is 0 Å². The topological polar surface area (TPSA) is 119 Å². The van der Waals surface area contributed by atoms with Gasteiger partial charge < -0.3 is 14.8 Å². The number of rotatable bonds is 10. The summed E-state index contributed by atoms with van der Waals surface area (Å²) in [6.07, 6.45) is 0.364. The first-order valence-electron chi connectivity index (χ1n) is 11.3. The second-order valence-electron chi connectivity index (χ2n) is 8.61. The van der Waals surface area contributed by atoms with E-state index in [1.165, 1.54) is 19.2 Å². The molecule has 184 valence electrons. The Labute approximate surface area is 203 Å². The highest BCUT2D eigenvalue weighted by atomic mass is 16.5. The molecule has 0 aromatic heterocycles. The minimum atomic E-state index is -1.27. The first-order chi connectivity index (χ1) is 16.7. The summed E-state index contributed by atoms with van der Waals surface area (Å²) < 4.78 is 9.94. The summed E-state index contributed by atoms with van der Waals surface area (Å²) >= 11 is 0. The number of nitrogens with zero attached hydrogens (tertiary/aromatic N) is 1. The number of nitrogens with one attached hydrogen (secondary N) is 1. The van der Waals surface area contributed by atoms with E-state index in [9.17, 15) is 24.0 Å². The molecule has 35 heavy (non-hydrogen) atoms. The Hall–Kier alpha value is -4.01. The molecular weight excluding hydrogens is 452 g/mol. The molecule has 0 spiro atoms. The first-order valence-corrected chi connectivity index (χ1v) is 11.3. The maximum absolute atomic E-state index is 13.1. The number of esters is 2. The van der Waals surface area contributed by atoms with E-state index in [-0.39, 0.29) is 23.5 Å². The van der Waals surface area contributed by atoms with Crippen LogP contribution in [0, 0.1) is 5.92 Å². The molecule has 0 aliphatic carbocycles. The number of hydrogen-bond acceptors (Lipinski definition) is 7. The normalized spacial score (nSPS) is 14.3. The zero-order chi connectivity index (χ0) is 25.5. The zero-order valence-electron chi connectivity index (χ0n) is 19.9. The van der Waals surface area contributed by atoms with E-state index in [1.807, 2.05) is 13.8 Å². The standard InChI is InChI=1S/C26H28N2O7/c1-16(2)13-20(25(32)34-3)27-22(29)15-35-26(33)21(14-17-9-5-4-6-10-17)28-23(30)18-11-7-8-12-19(18)24(28)31/h4-12,16,20-21H,13-15H2,1-3H3,(H,27,29)/t20-,21+/m1/s1. The third-order valence-electron chi connectivity index (χ3n) is 5.55. The van der Waals surface area contributed by atoms with E-state index in [2.05, 4.69) is 5.32 Å². The Morgan fingerprint density at radius 3 is 2.00 bits per heavy atom. The van der Waals surface area contributed by atoms with E-state index < -0.39 is 48.4 Å². The number of ether oxygens (including phenoxy) is 2. The summed E-state index contributed by atoms with van der Waals surface area (Å²) in [7, 11) is 1.22. The first kappa shape index (κ1) is 25.6. The molecule has 3 rings (SSSR count). The van der Waals surface area contributed by atoms with Crippen LogP contribution in [0.25, 0.3) is 0 Å². The number of amides is 3. The van der Waals surface area contributed by atoms with Gasteiger partial charge in [0.25, 0.3) is 17.7 Å². The molecule has 2 aromatic carbocycles. The van der Waals surface area contributed by atoms with Gasteiger partial charge in [0.2, 0.25) is 0 Å². The molecule has 1 N–H and O–H groups in total. The van der Waals surface area contributed by atoms with E-state index >= 15 is 0 Å². The third kappa shape index (κ3) is 6.11. The molecule has 0 unspecified atom stereocenters. The van der Waals surface area contributed by atoms with Crippen molar-refractivity contribution in [2.45, 2.75) is 38.8 Å². The molecule has 0 saturated heterocycles. The Kier molecular flexibility index (Phi) is 8.35. The number of benzene rings is 2.